The second-order valence-corrected chi connectivity index (χ2v) is 11.0. The average molecular weight is 488 g/mol. The van der Waals surface area contributed by atoms with Crippen molar-refractivity contribution in [3.05, 3.63) is 65.5 Å². The molecule has 0 atom stereocenters. The van der Waals surface area contributed by atoms with Crippen molar-refractivity contribution in [2.24, 2.45) is 0 Å². The molecule has 0 spiro atoms. The molecule has 4 rings (SSSR count). The van der Waals surface area contributed by atoms with Crippen LogP contribution in [-0.2, 0) is 31.3 Å². The van der Waals surface area contributed by atoms with Gasteiger partial charge in [-0.05, 0) is 67.9 Å². The normalized spacial score (nSPS) is 13.7. The van der Waals surface area contributed by atoms with Crippen LogP contribution in [0.15, 0.2) is 58.3 Å². The lowest BCUT2D eigenvalue weighted by Gasteiger charge is -2.12. The molecule has 0 unspecified atom stereocenters. The molecule has 2 aromatic carbocycles. The molecule has 0 aliphatic carbocycles. The van der Waals surface area contributed by atoms with Crippen molar-refractivity contribution < 1.29 is 21.6 Å². The number of rotatable bonds is 6. The number of hydrogen-bond donors (Lipinski definition) is 2. The number of aryl methyl sites for hydroxylation is 2. The fourth-order valence-electron chi connectivity index (χ4n) is 3.48. The van der Waals surface area contributed by atoms with Gasteiger partial charge in [0.25, 0.3) is 20.0 Å². The highest BCUT2D eigenvalue weighted by Gasteiger charge is 2.26. The summed E-state index contributed by atoms with van der Waals surface area (Å²) in [6.07, 6.45) is 0.138. The lowest BCUT2D eigenvalue weighted by atomic mass is 10.2. The van der Waals surface area contributed by atoms with Gasteiger partial charge in [0.15, 0.2) is 0 Å². The molecule has 0 bridgehead atoms. The van der Waals surface area contributed by atoms with Crippen LogP contribution < -0.4 is 14.3 Å². The third-order valence-electron chi connectivity index (χ3n) is 5.06. The first kappa shape index (κ1) is 22.7. The number of carbonyl (C=O) groups is 1. The molecule has 1 amide bonds. The monoisotopic (exact) mass is 487 g/mol. The number of nitrogens with one attached hydrogen (secondary N) is 2. The van der Waals surface area contributed by atoms with Crippen molar-refractivity contribution in [2.45, 2.75) is 30.1 Å². The Balaban J connectivity index is 1.52. The summed E-state index contributed by atoms with van der Waals surface area (Å²) in [5, 5.41) is 0. The molecule has 1 aliphatic heterocycles. The van der Waals surface area contributed by atoms with E-state index in [2.05, 4.69) is 19.4 Å². The maximum Gasteiger partial charge on any atom is 0.264 e. The van der Waals surface area contributed by atoms with Crippen molar-refractivity contribution in [3.63, 3.8) is 0 Å². The highest BCUT2D eigenvalue weighted by atomic mass is 32.2. The minimum atomic E-state index is -3.97. The molecule has 0 radical (unpaired) electrons. The topological polar surface area (TPSA) is 138 Å². The Morgan fingerprint density at radius 3 is 2.03 bits per heavy atom. The van der Waals surface area contributed by atoms with Crippen molar-refractivity contribution in [1.29, 1.82) is 0 Å². The van der Waals surface area contributed by atoms with Gasteiger partial charge in [-0.25, -0.2) is 31.5 Å². The fourth-order valence-corrected chi connectivity index (χ4v) is 5.53. The molecule has 0 fully saturated rings. The molecule has 2 heterocycles. The third kappa shape index (κ3) is 4.66. The second kappa shape index (κ2) is 8.12. The number of carbonyl (C=O) groups excluding carboxylic acids is 1. The number of anilines is 3. The number of likely N-dealkylation sites (N-methyl/N-ethyl adjacent to an activating group) is 1. The van der Waals surface area contributed by atoms with Gasteiger partial charge in [-0.1, -0.05) is 0 Å². The molecule has 1 aromatic heterocycles. The molecular formula is C21H21N5O5S2. The summed E-state index contributed by atoms with van der Waals surface area (Å²) in [7, 11) is -6.27. The predicted octanol–water partition coefficient (Wildman–Crippen LogP) is 2.21. The first-order valence-electron chi connectivity index (χ1n) is 9.82. The molecule has 10 nitrogen and oxygen atoms in total. The van der Waals surface area contributed by atoms with Gasteiger partial charge >= 0.3 is 0 Å². The predicted molar refractivity (Wildman–Crippen MR) is 123 cm³/mol. The van der Waals surface area contributed by atoms with Crippen LogP contribution in [0.2, 0.25) is 0 Å². The average Bonchev–Trinajstić information content (AvgIpc) is 3.00. The molecule has 33 heavy (non-hydrogen) atoms. The van der Waals surface area contributed by atoms with E-state index in [9.17, 15) is 21.6 Å². The third-order valence-corrected chi connectivity index (χ3v) is 7.79. The molecule has 1 aliphatic rings. The molecule has 12 heteroatoms. The Bertz CT molecular complexity index is 1450. The van der Waals surface area contributed by atoms with Crippen LogP contribution in [0, 0.1) is 13.8 Å². The van der Waals surface area contributed by atoms with Gasteiger partial charge in [0.2, 0.25) is 11.9 Å². The first-order chi connectivity index (χ1) is 15.4. The SMILES string of the molecule is Cc1cc(C)nc(NS(=O)(=O)c2ccc(NS(=O)(=O)c3ccc4c(c3)CC(=O)N4C)cc2)n1. The van der Waals surface area contributed by atoms with E-state index in [1.54, 1.807) is 33.0 Å². The molecule has 2 N–H and O–H groups in total. The summed E-state index contributed by atoms with van der Waals surface area (Å²) in [6, 6.07) is 11.4. The summed E-state index contributed by atoms with van der Waals surface area (Å²) in [6.45, 7) is 3.45. The van der Waals surface area contributed by atoms with Crippen molar-refractivity contribution in [2.75, 3.05) is 21.4 Å². The highest BCUT2D eigenvalue weighted by molar-refractivity contribution is 7.93. The summed E-state index contributed by atoms with van der Waals surface area (Å²) < 4.78 is 55.6. The van der Waals surface area contributed by atoms with Crippen LogP contribution in [0.4, 0.5) is 17.3 Å². The van der Waals surface area contributed by atoms with Crippen molar-refractivity contribution >= 4 is 43.3 Å². The minimum absolute atomic E-state index is 0.00896. The van der Waals surface area contributed by atoms with E-state index in [-0.39, 0.29) is 33.8 Å². The van der Waals surface area contributed by atoms with Gasteiger partial charge in [-0.15, -0.1) is 0 Å². The van der Waals surface area contributed by atoms with Gasteiger partial charge < -0.3 is 4.90 Å². The number of fused-ring (bicyclic) bond motifs is 1. The summed E-state index contributed by atoms with van der Waals surface area (Å²) >= 11 is 0. The van der Waals surface area contributed by atoms with Crippen LogP contribution in [-0.4, -0.2) is 39.8 Å². The molecule has 0 saturated carbocycles. The summed E-state index contributed by atoms with van der Waals surface area (Å²) in [4.78, 5) is 21.4. The molecule has 0 saturated heterocycles. The quantitative estimate of drug-likeness (QED) is 0.543. The second-order valence-electron chi connectivity index (χ2n) is 7.63. The number of hydrogen-bond acceptors (Lipinski definition) is 7. The zero-order valence-corrected chi connectivity index (χ0v) is 19.7. The van der Waals surface area contributed by atoms with Crippen LogP contribution >= 0.6 is 0 Å². The maximum atomic E-state index is 12.8. The van der Waals surface area contributed by atoms with Gasteiger partial charge in [0, 0.05) is 29.8 Å². The van der Waals surface area contributed by atoms with Crippen molar-refractivity contribution in [1.82, 2.24) is 9.97 Å². The largest absolute Gasteiger partial charge is 0.315 e. The minimum Gasteiger partial charge on any atom is -0.315 e. The smallest absolute Gasteiger partial charge is 0.264 e. The number of nitrogens with zero attached hydrogens (tertiary/aromatic N) is 3. The van der Waals surface area contributed by atoms with Gasteiger partial charge in [0.05, 0.1) is 16.2 Å². The van der Waals surface area contributed by atoms with Gasteiger partial charge in [-0.2, -0.15) is 0 Å². The zero-order chi connectivity index (χ0) is 24.0. The van der Waals surface area contributed by atoms with Crippen LogP contribution in [0.25, 0.3) is 0 Å². The van der Waals surface area contributed by atoms with Gasteiger partial charge in [0.1, 0.15) is 0 Å². The van der Waals surface area contributed by atoms with E-state index in [0.717, 1.165) is 0 Å². The number of sulfonamides is 2. The maximum absolute atomic E-state index is 12.8. The van der Waals surface area contributed by atoms with E-state index in [1.807, 2.05) is 0 Å². The fraction of sp³-hybridized carbons (Fsp3) is 0.190. The standard InChI is InChI=1S/C21H21N5O5S2/c1-13-10-14(2)23-21(22-13)25-32(28,29)17-6-4-16(5-7-17)24-33(30,31)18-8-9-19-15(11-18)12-20(27)26(19)3/h4-11,24H,12H2,1-3H3,(H,22,23,25). The van der Waals surface area contributed by atoms with E-state index in [0.29, 0.717) is 22.6 Å². The summed E-state index contributed by atoms with van der Waals surface area (Å²) in [5.41, 5.74) is 2.73. The Morgan fingerprint density at radius 1 is 0.818 bits per heavy atom. The Hall–Kier alpha value is -3.51. The molecular weight excluding hydrogens is 466 g/mol. The molecule has 172 valence electrons. The Kier molecular flexibility index (Phi) is 5.58. The lowest BCUT2D eigenvalue weighted by Crippen LogP contribution is -2.20. The number of benzene rings is 2. The van der Waals surface area contributed by atoms with E-state index >= 15 is 0 Å². The van der Waals surface area contributed by atoms with Crippen molar-refractivity contribution in [3.8, 4) is 0 Å². The highest BCUT2D eigenvalue weighted by Crippen LogP contribution is 2.30. The number of amides is 1. The van der Waals surface area contributed by atoms with E-state index in [1.165, 1.54) is 41.3 Å². The molecule has 3 aromatic rings. The lowest BCUT2D eigenvalue weighted by molar-refractivity contribution is -0.117. The van der Waals surface area contributed by atoms with E-state index < -0.39 is 20.0 Å². The van der Waals surface area contributed by atoms with Crippen LogP contribution in [0.1, 0.15) is 17.0 Å². The summed E-state index contributed by atoms with van der Waals surface area (Å²) in [5.74, 6) is -0.151. The Morgan fingerprint density at radius 2 is 1.39 bits per heavy atom. The first-order valence-corrected chi connectivity index (χ1v) is 12.8. The van der Waals surface area contributed by atoms with E-state index in [4.69, 9.17) is 0 Å². The van der Waals surface area contributed by atoms with Crippen LogP contribution in [0.5, 0.6) is 0 Å². The van der Waals surface area contributed by atoms with Gasteiger partial charge in [-0.3, -0.25) is 9.52 Å². The zero-order valence-electron chi connectivity index (χ0n) is 18.0. The Labute approximate surface area is 191 Å². The van der Waals surface area contributed by atoms with Crippen LogP contribution in [0.3, 0.4) is 0 Å². The number of aromatic nitrogens is 2.